The summed E-state index contributed by atoms with van der Waals surface area (Å²) in [5.74, 6) is 0. The molecule has 0 spiro atoms. The van der Waals surface area contributed by atoms with Crippen molar-refractivity contribution in [3.63, 3.8) is 0 Å². The van der Waals surface area contributed by atoms with E-state index in [2.05, 4.69) is 51.9 Å². The van der Waals surface area contributed by atoms with Crippen LogP contribution in [-0.4, -0.2) is 20.6 Å². The number of nitrogens with two attached hydrogens (primary N) is 1. The molecule has 3 aromatic rings. The Bertz CT molecular complexity index is 732. The first-order chi connectivity index (χ1) is 10.2. The molecule has 1 aromatic carbocycles. The van der Waals surface area contributed by atoms with Gasteiger partial charge in [-0.3, -0.25) is 4.98 Å². The molecule has 0 radical (unpaired) electrons. The lowest BCUT2D eigenvalue weighted by Gasteiger charge is -2.06. The molecule has 0 bridgehead atoms. The van der Waals surface area contributed by atoms with Crippen molar-refractivity contribution in [2.24, 2.45) is 5.73 Å². The Hall–Kier alpha value is -2.20. The monoisotopic (exact) mass is 280 g/mol. The van der Waals surface area contributed by atoms with Gasteiger partial charge in [0.05, 0.1) is 17.5 Å². The molecule has 0 aliphatic rings. The van der Waals surface area contributed by atoms with Crippen molar-refractivity contribution in [2.45, 2.75) is 32.4 Å². The molecule has 21 heavy (non-hydrogen) atoms. The molecule has 3 rings (SSSR count). The number of pyridine rings is 1. The third-order valence-electron chi connectivity index (χ3n) is 3.71. The Morgan fingerprint density at radius 1 is 1.24 bits per heavy atom. The number of fused-ring (bicyclic) bond motifs is 1. The number of rotatable bonds is 5. The van der Waals surface area contributed by atoms with Gasteiger partial charge < -0.3 is 10.3 Å². The topological polar surface area (TPSA) is 56.7 Å². The van der Waals surface area contributed by atoms with Crippen LogP contribution < -0.4 is 5.73 Å². The molecule has 0 aliphatic heterocycles. The Morgan fingerprint density at radius 3 is 3.00 bits per heavy atom. The number of imidazole rings is 1. The number of hydrogen-bond donors (Lipinski definition) is 1. The molecular formula is C17H20N4. The first-order valence-electron chi connectivity index (χ1n) is 7.34. The van der Waals surface area contributed by atoms with Crippen molar-refractivity contribution in [3.05, 3.63) is 60.3 Å². The summed E-state index contributed by atoms with van der Waals surface area (Å²) >= 11 is 0. The van der Waals surface area contributed by atoms with Gasteiger partial charge in [-0.05, 0) is 30.2 Å². The van der Waals surface area contributed by atoms with Crippen LogP contribution in [0.5, 0.6) is 0 Å². The van der Waals surface area contributed by atoms with E-state index < -0.39 is 0 Å². The van der Waals surface area contributed by atoms with Gasteiger partial charge in [0.25, 0.3) is 0 Å². The van der Waals surface area contributed by atoms with Crippen LogP contribution in [0.25, 0.3) is 10.9 Å². The molecule has 2 heterocycles. The fourth-order valence-electron chi connectivity index (χ4n) is 2.45. The van der Waals surface area contributed by atoms with Gasteiger partial charge in [0.1, 0.15) is 0 Å². The van der Waals surface area contributed by atoms with Gasteiger partial charge in [-0.25, -0.2) is 4.98 Å². The van der Waals surface area contributed by atoms with Gasteiger partial charge in [-0.2, -0.15) is 0 Å². The maximum absolute atomic E-state index is 5.97. The van der Waals surface area contributed by atoms with Crippen LogP contribution in [-0.2, 0) is 13.0 Å². The van der Waals surface area contributed by atoms with Crippen molar-refractivity contribution >= 4 is 10.9 Å². The normalized spacial score (nSPS) is 12.7. The Balaban J connectivity index is 1.75. The van der Waals surface area contributed by atoms with Gasteiger partial charge in [-0.15, -0.1) is 0 Å². The summed E-state index contributed by atoms with van der Waals surface area (Å²) in [5, 5.41) is 1.17. The Labute approximate surface area is 124 Å². The molecule has 2 aromatic heterocycles. The minimum atomic E-state index is 0.195. The van der Waals surface area contributed by atoms with Crippen LogP contribution >= 0.6 is 0 Å². The van der Waals surface area contributed by atoms with E-state index in [0.717, 1.165) is 30.6 Å². The predicted molar refractivity (Wildman–Crippen MR) is 85.0 cm³/mol. The lowest BCUT2D eigenvalue weighted by Crippen LogP contribution is -2.21. The molecule has 1 atom stereocenters. The standard InChI is InChI=1S/C17H20N4/c1-2-15(18)9-16-11-21(12-20-16)10-13-5-6-17-14(8-13)4-3-7-19-17/h3-8,11-12,15H,2,9-10,18H2,1H3. The summed E-state index contributed by atoms with van der Waals surface area (Å²) in [6, 6.07) is 10.6. The van der Waals surface area contributed by atoms with Crippen LogP contribution in [0.1, 0.15) is 24.6 Å². The lowest BCUT2D eigenvalue weighted by molar-refractivity contribution is 0.638. The summed E-state index contributed by atoms with van der Waals surface area (Å²) in [6.07, 6.45) is 7.60. The number of hydrogen-bond acceptors (Lipinski definition) is 3. The van der Waals surface area contributed by atoms with E-state index in [1.54, 1.807) is 0 Å². The van der Waals surface area contributed by atoms with Crippen molar-refractivity contribution in [1.82, 2.24) is 14.5 Å². The summed E-state index contributed by atoms with van der Waals surface area (Å²) < 4.78 is 2.11. The smallest absolute Gasteiger partial charge is 0.0952 e. The Kier molecular flexibility index (Phi) is 3.97. The van der Waals surface area contributed by atoms with Crippen molar-refractivity contribution in [2.75, 3.05) is 0 Å². The average Bonchev–Trinajstić information content (AvgIpc) is 2.94. The third kappa shape index (κ3) is 3.28. The van der Waals surface area contributed by atoms with Gasteiger partial charge in [0, 0.05) is 36.8 Å². The largest absolute Gasteiger partial charge is 0.333 e. The van der Waals surface area contributed by atoms with Crippen molar-refractivity contribution < 1.29 is 0 Å². The van der Waals surface area contributed by atoms with Gasteiger partial charge in [0.15, 0.2) is 0 Å². The second-order valence-corrected chi connectivity index (χ2v) is 5.44. The number of nitrogens with zero attached hydrogens (tertiary/aromatic N) is 3. The van der Waals surface area contributed by atoms with Crippen molar-refractivity contribution in [3.8, 4) is 0 Å². The molecular weight excluding hydrogens is 260 g/mol. The maximum Gasteiger partial charge on any atom is 0.0952 e. The molecule has 4 heteroatoms. The highest BCUT2D eigenvalue weighted by Crippen LogP contribution is 2.14. The SMILES string of the molecule is CCC(N)Cc1cn(Cc2ccc3ncccc3c2)cn1. The van der Waals surface area contributed by atoms with Crippen LogP contribution in [0.15, 0.2) is 49.1 Å². The van der Waals surface area contributed by atoms with E-state index >= 15 is 0 Å². The molecule has 0 saturated carbocycles. The van der Waals surface area contributed by atoms with Crippen LogP contribution in [0.4, 0.5) is 0 Å². The minimum absolute atomic E-state index is 0.195. The zero-order chi connectivity index (χ0) is 14.7. The molecule has 0 aliphatic carbocycles. The maximum atomic E-state index is 5.97. The second-order valence-electron chi connectivity index (χ2n) is 5.44. The summed E-state index contributed by atoms with van der Waals surface area (Å²) in [4.78, 5) is 8.78. The van der Waals surface area contributed by atoms with E-state index in [4.69, 9.17) is 5.73 Å². The summed E-state index contributed by atoms with van der Waals surface area (Å²) in [6.45, 7) is 2.92. The Morgan fingerprint density at radius 2 is 2.14 bits per heavy atom. The van der Waals surface area contributed by atoms with Crippen LogP contribution in [0, 0.1) is 0 Å². The van der Waals surface area contributed by atoms with E-state index in [-0.39, 0.29) is 6.04 Å². The van der Waals surface area contributed by atoms with Gasteiger partial charge in [-0.1, -0.05) is 19.1 Å². The molecule has 1 unspecified atom stereocenters. The second kappa shape index (κ2) is 6.06. The summed E-state index contributed by atoms with van der Waals surface area (Å²) in [7, 11) is 0. The molecule has 2 N–H and O–H groups in total. The van der Waals surface area contributed by atoms with Crippen LogP contribution in [0.2, 0.25) is 0 Å². The molecule has 0 saturated heterocycles. The predicted octanol–water partition coefficient (Wildman–Crippen LogP) is 2.76. The van der Waals surface area contributed by atoms with E-state index in [1.807, 2.05) is 18.6 Å². The minimum Gasteiger partial charge on any atom is -0.333 e. The fourth-order valence-corrected chi connectivity index (χ4v) is 2.45. The molecule has 108 valence electrons. The highest BCUT2D eigenvalue weighted by molar-refractivity contribution is 5.78. The molecule has 0 amide bonds. The zero-order valence-corrected chi connectivity index (χ0v) is 12.2. The van der Waals surface area contributed by atoms with Gasteiger partial charge in [0.2, 0.25) is 0 Å². The van der Waals surface area contributed by atoms with E-state index in [9.17, 15) is 0 Å². The molecule has 0 fully saturated rings. The first kappa shape index (κ1) is 13.8. The van der Waals surface area contributed by atoms with Gasteiger partial charge >= 0.3 is 0 Å². The van der Waals surface area contributed by atoms with E-state index in [0.29, 0.717) is 0 Å². The number of benzene rings is 1. The highest BCUT2D eigenvalue weighted by Gasteiger charge is 2.05. The quantitative estimate of drug-likeness (QED) is 0.782. The van der Waals surface area contributed by atoms with E-state index in [1.165, 1.54) is 10.9 Å². The summed E-state index contributed by atoms with van der Waals surface area (Å²) in [5.41, 5.74) is 9.31. The highest BCUT2D eigenvalue weighted by atomic mass is 15.0. The average molecular weight is 280 g/mol. The lowest BCUT2D eigenvalue weighted by atomic mass is 10.1. The zero-order valence-electron chi connectivity index (χ0n) is 12.2. The first-order valence-corrected chi connectivity index (χ1v) is 7.34. The number of aromatic nitrogens is 3. The molecule has 4 nitrogen and oxygen atoms in total. The third-order valence-corrected chi connectivity index (χ3v) is 3.71. The fraction of sp³-hybridized carbons (Fsp3) is 0.294. The van der Waals surface area contributed by atoms with Crippen LogP contribution in [0.3, 0.4) is 0 Å². The van der Waals surface area contributed by atoms with Crippen molar-refractivity contribution in [1.29, 1.82) is 0 Å².